The van der Waals surface area contributed by atoms with Crippen LogP contribution in [0.15, 0.2) is 54.0 Å². The van der Waals surface area contributed by atoms with Gasteiger partial charge in [0.05, 0.1) is 25.3 Å². The third-order valence-electron chi connectivity index (χ3n) is 4.99. The maximum Gasteiger partial charge on any atom is 0.254 e. The summed E-state index contributed by atoms with van der Waals surface area (Å²) in [6, 6.07) is 9.99. The SMILES string of the molecule is CN1CN(Cc2ncc[nH]2)C(=O)C2=C1CCN(CC#Cc1ccccc1)C2. The highest BCUT2D eigenvalue weighted by molar-refractivity contribution is 5.95. The standard InChI is InChI=1S/C21H23N5O/c1-24-16-26(15-20-22-10-11-23-20)21(27)18-14-25(13-9-19(18)24)12-5-8-17-6-3-2-4-7-17/h2-4,6-7,10-11H,9,12-16H2,1H3,(H,22,23). The molecule has 0 atom stereocenters. The van der Waals surface area contributed by atoms with Gasteiger partial charge in [-0.15, -0.1) is 0 Å². The Morgan fingerprint density at radius 3 is 2.89 bits per heavy atom. The first-order valence-electron chi connectivity index (χ1n) is 9.17. The van der Waals surface area contributed by atoms with Gasteiger partial charge in [-0.25, -0.2) is 4.98 Å². The lowest BCUT2D eigenvalue weighted by molar-refractivity contribution is -0.132. The zero-order valence-electron chi connectivity index (χ0n) is 15.5. The number of aromatic nitrogens is 2. The average molecular weight is 361 g/mol. The van der Waals surface area contributed by atoms with E-state index in [1.165, 1.54) is 5.70 Å². The van der Waals surface area contributed by atoms with Gasteiger partial charge in [0.2, 0.25) is 0 Å². The Bertz CT molecular complexity index is 892. The Kier molecular flexibility index (Phi) is 4.95. The number of carbonyl (C=O) groups is 1. The van der Waals surface area contributed by atoms with Gasteiger partial charge in [-0.05, 0) is 12.1 Å². The van der Waals surface area contributed by atoms with Crippen molar-refractivity contribution < 1.29 is 4.79 Å². The fourth-order valence-electron chi connectivity index (χ4n) is 3.61. The molecule has 0 radical (unpaired) electrons. The normalized spacial score (nSPS) is 17.6. The Labute approximate surface area is 159 Å². The highest BCUT2D eigenvalue weighted by atomic mass is 16.2. The summed E-state index contributed by atoms with van der Waals surface area (Å²) in [5.74, 6) is 7.36. The summed E-state index contributed by atoms with van der Waals surface area (Å²) in [4.78, 5) is 26.6. The summed E-state index contributed by atoms with van der Waals surface area (Å²) in [7, 11) is 2.06. The molecular formula is C21H23N5O. The zero-order chi connectivity index (χ0) is 18.6. The van der Waals surface area contributed by atoms with E-state index in [1.807, 2.05) is 35.2 Å². The highest BCUT2D eigenvalue weighted by Gasteiger charge is 2.33. The van der Waals surface area contributed by atoms with Gasteiger partial charge in [0.25, 0.3) is 5.91 Å². The molecule has 1 aromatic carbocycles. The molecule has 0 fully saturated rings. The molecule has 27 heavy (non-hydrogen) atoms. The van der Waals surface area contributed by atoms with Crippen molar-refractivity contribution in [2.24, 2.45) is 0 Å². The summed E-state index contributed by atoms with van der Waals surface area (Å²) < 4.78 is 0. The average Bonchev–Trinajstić information content (AvgIpc) is 3.20. The van der Waals surface area contributed by atoms with Gasteiger partial charge < -0.3 is 14.8 Å². The minimum Gasteiger partial charge on any atom is -0.360 e. The summed E-state index contributed by atoms with van der Waals surface area (Å²) in [6.45, 7) is 3.35. The van der Waals surface area contributed by atoms with Crippen LogP contribution in [0, 0.1) is 11.8 Å². The number of carbonyl (C=O) groups excluding carboxylic acids is 1. The summed E-state index contributed by atoms with van der Waals surface area (Å²) in [5.41, 5.74) is 3.08. The van der Waals surface area contributed by atoms with Crippen LogP contribution >= 0.6 is 0 Å². The number of imidazole rings is 1. The van der Waals surface area contributed by atoms with Gasteiger partial charge in [0.1, 0.15) is 5.82 Å². The lowest BCUT2D eigenvalue weighted by Gasteiger charge is -2.41. The van der Waals surface area contributed by atoms with E-state index < -0.39 is 0 Å². The first-order valence-corrected chi connectivity index (χ1v) is 9.17. The number of benzene rings is 1. The van der Waals surface area contributed by atoms with Gasteiger partial charge in [-0.1, -0.05) is 30.0 Å². The number of aromatic amines is 1. The molecule has 0 bridgehead atoms. The summed E-state index contributed by atoms with van der Waals surface area (Å²) in [6.07, 6.45) is 4.39. The van der Waals surface area contributed by atoms with Gasteiger partial charge in [-0.3, -0.25) is 9.69 Å². The van der Waals surface area contributed by atoms with Crippen molar-refractivity contribution >= 4 is 5.91 Å². The molecular weight excluding hydrogens is 338 g/mol. The van der Waals surface area contributed by atoms with Crippen LogP contribution in [-0.4, -0.2) is 63.9 Å². The van der Waals surface area contributed by atoms with Crippen LogP contribution in [-0.2, 0) is 11.3 Å². The summed E-state index contributed by atoms with van der Waals surface area (Å²) >= 11 is 0. The van der Waals surface area contributed by atoms with Crippen LogP contribution in [0.4, 0.5) is 0 Å². The lowest BCUT2D eigenvalue weighted by Crippen LogP contribution is -2.50. The molecule has 4 rings (SSSR count). The first kappa shape index (κ1) is 17.4. The van der Waals surface area contributed by atoms with Gasteiger partial charge in [0, 0.05) is 50.2 Å². The van der Waals surface area contributed by atoms with E-state index in [0.29, 0.717) is 26.3 Å². The zero-order valence-corrected chi connectivity index (χ0v) is 15.5. The highest BCUT2D eigenvalue weighted by Crippen LogP contribution is 2.27. The van der Waals surface area contributed by atoms with E-state index >= 15 is 0 Å². The van der Waals surface area contributed by atoms with E-state index in [1.54, 1.807) is 12.4 Å². The fourth-order valence-corrected chi connectivity index (χ4v) is 3.61. The molecule has 1 N–H and O–H groups in total. The molecule has 138 valence electrons. The number of nitrogens with zero attached hydrogens (tertiary/aromatic N) is 4. The van der Waals surface area contributed by atoms with Gasteiger partial charge >= 0.3 is 0 Å². The lowest BCUT2D eigenvalue weighted by atomic mass is 10.0. The smallest absolute Gasteiger partial charge is 0.254 e. The van der Waals surface area contributed by atoms with Crippen molar-refractivity contribution in [1.29, 1.82) is 0 Å². The second kappa shape index (κ2) is 7.68. The predicted molar refractivity (Wildman–Crippen MR) is 103 cm³/mol. The largest absolute Gasteiger partial charge is 0.360 e. The van der Waals surface area contributed by atoms with Crippen molar-refractivity contribution in [2.45, 2.75) is 13.0 Å². The maximum atomic E-state index is 13.0. The number of hydrogen-bond donors (Lipinski definition) is 1. The van der Waals surface area contributed by atoms with Gasteiger partial charge in [-0.2, -0.15) is 0 Å². The molecule has 0 saturated heterocycles. The van der Waals surface area contributed by atoms with E-state index in [9.17, 15) is 4.79 Å². The molecule has 6 nitrogen and oxygen atoms in total. The third-order valence-corrected chi connectivity index (χ3v) is 4.99. The quantitative estimate of drug-likeness (QED) is 0.845. The van der Waals surface area contributed by atoms with Crippen molar-refractivity contribution in [3.63, 3.8) is 0 Å². The molecule has 1 amide bonds. The number of rotatable bonds is 3. The maximum absolute atomic E-state index is 13.0. The summed E-state index contributed by atoms with van der Waals surface area (Å²) in [5, 5.41) is 0. The fraction of sp³-hybridized carbons (Fsp3) is 0.333. The van der Waals surface area contributed by atoms with Crippen LogP contribution in [0.1, 0.15) is 17.8 Å². The Hall–Kier alpha value is -3.04. The van der Waals surface area contributed by atoms with E-state index in [-0.39, 0.29) is 5.91 Å². The first-order chi connectivity index (χ1) is 13.2. The van der Waals surface area contributed by atoms with Gasteiger partial charge in [0.15, 0.2) is 0 Å². The predicted octanol–water partition coefficient (Wildman–Crippen LogP) is 1.65. The Morgan fingerprint density at radius 1 is 1.26 bits per heavy atom. The monoisotopic (exact) mass is 361 g/mol. The third kappa shape index (κ3) is 3.88. The Balaban J connectivity index is 1.44. The van der Waals surface area contributed by atoms with Crippen molar-refractivity contribution in [2.75, 3.05) is 33.4 Å². The number of hydrogen-bond acceptors (Lipinski definition) is 4. The van der Waals surface area contributed by atoms with Crippen LogP contribution < -0.4 is 0 Å². The van der Waals surface area contributed by atoms with Crippen LogP contribution in [0.3, 0.4) is 0 Å². The van der Waals surface area contributed by atoms with E-state index in [0.717, 1.165) is 29.9 Å². The number of nitrogens with one attached hydrogen (secondary N) is 1. The second-order valence-electron chi connectivity index (χ2n) is 6.93. The molecule has 0 spiro atoms. The molecule has 0 aliphatic carbocycles. The minimum atomic E-state index is 0.111. The van der Waals surface area contributed by atoms with Crippen LogP contribution in [0.25, 0.3) is 0 Å². The van der Waals surface area contributed by atoms with Crippen molar-refractivity contribution in [1.82, 2.24) is 24.7 Å². The molecule has 6 heteroatoms. The van der Waals surface area contributed by atoms with Crippen molar-refractivity contribution in [3.8, 4) is 11.8 Å². The van der Waals surface area contributed by atoms with E-state index in [2.05, 4.69) is 38.7 Å². The molecule has 1 aromatic heterocycles. The minimum absolute atomic E-state index is 0.111. The number of H-pyrrole nitrogens is 1. The molecule has 0 unspecified atom stereocenters. The Morgan fingerprint density at radius 2 is 2.11 bits per heavy atom. The molecule has 2 aliphatic rings. The molecule has 3 heterocycles. The molecule has 0 saturated carbocycles. The van der Waals surface area contributed by atoms with E-state index in [4.69, 9.17) is 0 Å². The topological polar surface area (TPSA) is 55.5 Å². The molecule has 2 aliphatic heterocycles. The molecule has 2 aromatic rings. The van der Waals surface area contributed by atoms with Crippen LogP contribution in [0.2, 0.25) is 0 Å². The second-order valence-corrected chi connectivity index (χ2v) is 6.93. The number of amides is 1. The van der Waals surface area contributed by atoms with Crippen LogP contribution in [0.5, 0.6) is 0 Å². The van der Waals surface area contributed by atoms with Crippen molar-refractivity contribution in [3.05, 3.63) is 65.4 Å².